The Morgan fingerprint density at radius 2 is 1.86 bits per heavy atom. The van der Waals surface area contributed by atoms with Gasteiger partial charge < -0.3 is 9.64 Å². The second kappa shape index (κ2) is 9.31. The lowest BCUT2D eigenvalue weighted by molar-refractivity contribution is 0.234. The van der Waals surface area contributed by atoms with Crippen LogP contribution in [-0.4, -0.2) is 45.5 Å². The number of anilines is 1. The summed E-state index contributed by atoms with van der Waals surface area (Å²) < 4.78 is 36.0. The maximum atomic E-state index is 13.4. The SMILES string of the molecule is COc1cc(-n2ccc3cc(-c4ccc(Cl)cc4)sc3c2=O)ccc1N1CC[C@H](OS(C)(=O)=O)C1. The summed E-state index contributed by atoms with van der Waals surface area (Å²) >= 11 is 7.46. The van der Waals surface area contributed by atoms with Crippen LogP contribution in [-0.2, 0) is 14.3 Å². The van der Waals surface area contributed by atoms with Gasteiger partial charge in [-0.1, -0.05) is 23.7 Å². The number of benzene rings is 2. The van der Waals surface area contributed by atoms with Crippen molar-refractivity contribution >= 4 is 48.8 Å². The van der Waals surface area contributed by atoms with Crippen LogP contribution in [0.4, 0.5) is 5.69 Å². The Morgan fingerprint density at radius 1 is 1.09 bits per heavy atom. The summed E-state index contributed by atoms with van der Waals surface area (Å²) in [6.45, 7) is 1.09. The molecule has 182 valence electrons. The molecule has 2 aromatic heterocycles. The van der Waals surface area contributed by atoms with Crippen molar-refractivity contribution in [3.63, 3.8) is 0 Å². The number of rotatable bonds is 6. The molecule has 0 aliphatic carbocycles. The maximum absolute atomic E-state index is 13.4. The van der Waals surface area contributed by atoms with Crippen LogP contribution in [0.5, 0.6) is 5.75 Å². The van der Waals surface area contributed by atoms with E-state index in [4.69, 9.17) is 20.5 Å². The molecule has 1 saturated heterocycles. The van der Waals surface area contributed by atoms with Crippen molar-refractivity contribution in [3.05, 3.63) is 76.2 Å². The highest BCUT2D eigenvalue weighted by molar-refractivity contribution is 7.86. The normalized spacial score (nSPS) is 16.2. The number of hydrogen-bond acceptors (Lipinski definition) is 7. The summed E-state index contributed by atoms with van der Waals surface area (Å²) in [7, 11) is -1.94. The van der Waals surface area contributed by atoms with E-state index in [1.165, 1.54) is 11.3 Å². The molecule has 35 heavy (non-hydrogen) atoms. The maximum Gasteiger partial charge on any atom is 0.273 e. The molecule has 0 amide bonds. The van der Waals surface area contributed by atoms with Gasteiger partial charge in [-0.25, -0.2) is 0 Å². The first-order valence-electron chi connectivity index (χ1n) is 10.9. The second-order valence-electron chi connectivity index (χ2n) is 8.41. The average molecular weight is 531 g/mol. The molecule has 0 radical (unpaired) electrons. The number of hydrogen-bond donors (Lipinski definition) is 0. The molecular weight excluding hydrogens is 508 g/mol. The molecule has 1 fully saturated rings. The van der Waals surface area contributed by atoms with Gasteiger partial charge in [-0.05, 0) is 48.4 Å². The van der Waals surface area contributed by atoms with Crippen LogP contribution in [0.3, 0.4) is 0 Å². The number of methoxy groups -OCH3 is 1. The minimum atomic E-state index is -3.51. The van der Waals surface area contributed by atoms with Crippen LogP contribution < -0.4 is 15.2 Å². The fraction of sp³-hybridized carbons (Fsp3) is 0.240. The van der Waals surface area contributed by atoms with Crippen molar-refractivity contribution in [1.29, 1.82) is 0 Å². The molecule has 5 rings (SSSR count). The molecular formula is C25H23ClN2O5S2. The summed E-state index contributed by atoms with van der Waals surface area (Å²) in [5.74, 6) is 0.600. The van der Waals surface area contributed by atoms with Gasteiger partial charge in [0.1, 0.15) is 10.4 Å². The molecule has 4 aromatic rings. The zero-order valence-electron chi connectivity index (χ0n) is 19.1. The number of pyridine rings is 1. The molecule has 1 atom stereocenters. The third-order valence-electron chi connectivity index (χ3n) is 5.94. The summed E-state index contributed by atoms with van der Waals surface area (Å²) in [5, 5.41) is 1.56. The Hall–Kier alpha value is -2.85. The van der Waals surface area contributed by atoms with E-state index in [0.29, 0.717) is 40.7 Å². The molecule has 7 nitrogen and oxygen atoms in total. The fourth-order valence-corrected chi connectivity index (χ4v) is 6.21. The minimum Gasteiger partial charge on any atom is -0.495 e. The highest BCUT2D eigenvalue weighted by Gasteiger charge is 2.28. The van der Waals surface area contributed by atoms with Gasteiger partial charge in [0.2, 0.25) is 0 Å². The van der Waals surface area contributed by atoms with E-state index in [0.717, 1.165) is 27.8 Å². The first-order chi connectivity index (χ1) is 16.7. The van der Waals surface area contributed by atoms with Crippen molar-refractivity contribution in [2.24, 2.45) is 0 Å². The topological polar surface area (TPSA) is 77.8 Å². The van der Waals surface area contributed by atoms with Crippen LogP contribution in [0, 0.1) is 0 Å². The van der Waals surface area contributed by atoms with Gasteiger partial charge in [-0.3, -0.25) is 13.5 Å². The number of aromatic nitrogens is 1. The lowest BCUT2D eigenvalue weighted by Gasteiger charge is -2.22. The van der Waals surface area contributed by atoms with E-state index >= 15 is 0 Å². The zero-order valence-corrected chi connectivity index (χ0v) is 21.5. The molecule has 2 aromatic carbocycles. The average Bonchev–Trinajstić information content (AvgIpc) is 3.46. The summed E-state index contributed by atoms with van der Waals surface area (Å²) in [6.07, 6.45) is 3.03. The highest BCUT2D eigenvalue weighted by atomic mass is 35.5. The molecule has 0 unspecified atom stereocenters. The molecule has 10 heteroatoms. The standard InChI is InChI=1S/C25H23ClN2O5S2/c1-32-22-14-19(7-8-21(22)27-11-10-20(15-27)33-35(2,30)31)28-12-9-17-13-23(34-24(17)25(28)29)16-3-5-18(26)6-4-16/h3-9,12-14,20H,10-11,15H2,1-2H3/t20-/m0/s1. The van der Waals surface area contributed by atoms with E-state index in [-0.39, 0.29) is 5.56 Å². The smallest absolute Gasteiger partial charge is 0.273 e. The fourth-order valence-electron chi connectivity index (χ4n) is 4.34. The Labute approximate surface area is 212 Å². The number of halogens is 1. The molecule has 3 heterocycles. The third-order valence-corrected chi connectivity index (χ3v) is 8.01. The predicted molar refractivity (Wildman–Crippen MR) is 141 cm³/mol. The Bertz CT molecular complexity index is 1560. The molecule has 1 aliphatic rings. The molecule has 0 spiro atoms. The third kappa shape index (κ3) is 4.95. The van der Waals surface area contributed by atoms with E-state index in [1.807, 2.05) is 59.5 Å². The lowest BCUT2D eigenvalue weighted by atomic mass is 10.2. The molecule has 0 N–H and O–H groups in total. The van der Waals surface area contributed by atoms with Crippen molar-refractivity contribution in [1.82, 2.24) is 4.57 Å². The lowest BCUT2D eigenvalue weighted by Crippen LogP contribution is -2.25. The van der Waals surface area contributed by atoms with Crippen LogP contribution >= 0.6 is 22.9 Å². The Morgan fingerprint density at radius 3 is 2.57 bits per heavy atom. The zero-order chi connectivity index (χ0) is 24.7. The van der Waals surface area contributed by atoms with Gasteiger partial charge >= 0.3 is 0 Å². The first kappa shape index (κ1) is 23.9. The largest absolute Gasteiger partial charge is 0.495 e. The van der Waals surface area contributed by atoms with Crippen LogP contribution in [0.25, 0.3) is 26.2 Å². The Kier molecular flexibility index (Phi) is 6.35. The molecule has 1 aliphatic heterocycles. The van der Waals surface area contributed by atoms with E-state index in [1.54, 1.807) is 17.9 Å². The summed E-state index contributed by atoms with van der Waals surface area (Å²) in [5.41, 5.74) is 2.41. The monoisotopic (exact) mass is 530 g/mol. The van der Waals surface area contributed by atoms with Gasteiger partial charge in [0.25, 0.3) is 15.7 Å². The predicted octanol–water partition coefficient (Wildman–Crippen LogP) is 4.94. The number of fused-ring (bicyclic) bond motifs is 1. The van der Waals surface area contributed by atoms with E-state index < -0.39 is 16.2 Å². The summed E-state index contributed by atoms with van der Waals surface area (Å²) in [4.78, 5) is 16.4. The van der Waals surface area contributed by atoms with Gasteiger partial charge in [0.05, 0.1) is 30.8 Å². The Balaban J connectivity index is 1.46. The second-order valence-corrected chi connectivity index (χ2v) is 11.5. The van der Waals surface area contributed by atoms with E-state index in [2.05, 4.69) is 0 Å². The first-order valence-corrected chi connectivity index (χ1v) is 14.0. The van der Waals surface area contributed by atoms with Gasteiger partial charge in [-0.15, -0.1) is 11.3 Å². The van der Waals surface area contributed by atoms with Crippen LogP contribution in [0.15, 0.2) is 65.6 Å². The van der Waals surface area contributed by atoms with Crippen molar-refractivity contribution < 1.29 is 17.3 Å². The quantitative estimate of drug-likeness (QED) is 0.329. The van der Waals surface area contributed by atoms with Crippen molar-refractivity contribution in [2.75, 3.05) is 31.4 Å². The molecule has 0 saturated carbocycles. The number of thiophene rings is 1. The van der Waals surface area contributed by atoms with Gasteiger partial charge in [-0.2, -0.15) is 8.42 Å². The minimum absolute atomic E-state index is 0.106. The van der Waals surface area contributed by atoms with E-state index in [9.17, 15) is 13.2 Å². The highest BCUT2D eigenvalue weighted by Crippen LogP contribution is 2.35. The number of ether oxygens (including phenoxy) is 1. The van der Waals surface area contributed by atoms with Crippen molar-refractivity contribution in [3.8, 4) is 21.9 Å². The number of nitrogens with zero attached hydrogens (tertiary/aromatic N) is 2. The van der Waals surface area contributed by atoms with Crippen LogP contribution in [0.2, 0.25) is 5.02 Å². The van der Waals surface area contributed by atoms with Crippen LogP contribution in [0.1, 0.15) is 6.42 Å². The van der Waals surface area contributed by atoms with Gasteiger partial charge in [0, 0.05) is 40.6 Å². The molecule has 0 bridgehead atoms. The van der Waals surface area contributed by atoms with Gasteiger partial charge in [0.15, 0.2) is 0 Å². The summed E-state index contributed by atoms with van der Waals surface area (Å²) in [6, 6.07) is 17.1. The van der Waals surface area contributed by atoms with Crippen molar-refractivity contribution in [2.45, 2.75) is 12.5 Å².